The number of carbonyl (C=O) groups is 4. The van der Waals surface area contributed by atoms with Crippen LogP contribution in [0.15, 0.2) is 36.4 Å². The zero-order valence-corrected chi connectivity index (χ0v) is 17.9. The van der Waals surface area contributed by atoms with Crippen molar-refractivity contribution in [1.82, 2.24) is 4.90 Å². The van der Waals surface area contributed by atoms with Crippen LogP contribution < -0.4 is 14.8 Å². The van der Waals surface area contributed by atoms with E-state index in [1.54, 1.807) is 30.3 Å². The third-order valence-corrected chi connectivity index (χ3v) is 4.92. The quantitative estimate of drug-likeness (QED) is 0.652. The largest absolute Gasteiger partial charge is 0.493 e. The summed E-state index contributed by atoms with van der Waals surface area (Å²) in [5.41, 5.74) is 1.13. The van der Waals surface area contributed by atoms with Crippen molar-refractivity contribution in [3.05, 3.63) is 53.1 Å². The van der Waals surface area contributed by atoms with Gasteiger partial charge in [0.2, 0.25) is 5.91 Å². The number of Topliss-reactive ketones (excluding diaryl/α,β-unsaturated/α-hetero) is 1. The highest BCUT2D eigenvalue weighted by molar-refractivity contribution is 6.24. The fourth-order valence-corrected chi connectivity index (χ4v) is 3.68. The molecule has 0 aromatic heterocycles. The number of nitrogens with zero attached hydrogens (tertiary/aromatic N) is 1. The Labute approximate surface area is 180 Å². The van der Waals surface area contributed by atoms with Crippen molar-refractivity contribution in [2.45, 2.75) is 33.2 Å². The van der Waals surface area contributed by atoms with Crippen molar-refractivity contribution in [2.75, 3.05) is 19.0 Å². The lowest BCUT2D eigenvalue weighted by Gasteiger charge is -2.26. The molecule has 1 aliphatic rings. The number of anilines is 1. The van der Waals surface area contributed by atoms with Crippen molar-refractivity contribution in [2.24, 2.45) is 0 Å². The lowest BCUT2D eigenvalue weighted by Crippen LogP contribution is -2.35. The van der Waals surface area contributed by atoms with Gasteiger partial charge in [0.1, 0.15) is 5.78 Å². The predicted octanol–water partition coefficient (Wildman–Crippen LogP) is 3.37. The van der Waals surface area contributed by atoms with Gasteiger partial charge in [-0.25, -0.2) is 0 Å². The van der Waals surface area contributed by atoms with Crippen LogP contribution in [0.5, 0.6) is 11.5 Å². The van der Waals surface area contributed by atoms with Crippen molar-refractivity contribution in [1.29, 1.82) is 0 Å². The van der Waals surface area contributed by atoms with Crippen molar-refractivity contribution in [3.8, 4) is 11.5 Å². The second kappa shape index (κ2) is 8.99. The van der Waals surface area contributed by atoms with Crippen molar-refractivity contribution < 1.29 is 28.7 Å². The van der Waals surface area contributed by atoms with E-state index >= 15 is 0 Å². The van der Waals surface area contributed by atoms with E-state index in [1.807, 2.05) is 6.92 Å². The summed E-state index contributed by atoms with van der Waals surface area (Å²) >= 11 is 0. The molecule has 31 heavy (non-hydrogen) atoms. The number of fused-ring (bicyclic) bond motifs is 1. The molecule has 0 radical (unpaired) electrons. The number of amides is 3. The summed E-state index contributed by atoms with van der Waals surface area (Å²) in [6.45, 7) is 4.95. The molecule has 0 spiro atoms. The molecule has 1 atom stereocenters. The zero-order chi connectivity index (χ0) is 22.7. The Bertz CT molecular complexity index is 1060. The number of ketones is 1. The molecule has 3 rings (SSSR count). The lowest BCUT2D eigenvalue weighted by atomic mass is 9.99. The highest BCUT2D eigenvalue weighted by atomic mass is 16.5. The first-order valence-electron chi connectivity index (χ1n) is 9.87. The monoisotopic (exact) mass is 424 g/mol. The average molecular weight is 424 g/mol. The van der Waals surface area contributed by atoms with Crippen LogP contribution in [0.3, 0.4) is 0 Å². The molecule has 0 saturated heterocycles. The second-order valence-corrected chi connectivity index (χ2v) is 7.15. The molecule has 1 N–H and O–H groups in total. The first kappa shape index (κ1) is 22.0. The van der Waals surface area contributed by atoms with Gasteiger partial charge in [0, 0.05) is 13.3 Å². The predicted molar refractivity (Wildman–Crippen MR) is 113 cm³/mol. The molecule has 1 heterocycles. The van der Waals surface area contributed by atoms with Crippen LogP contribution in [0.25, 0.3) is 0 Å². The third kappa shape index (κ3) is 4.28. The summed E-state index contributed by atoms with van der Waals surface area (Å²) in [7, 11) is 1.51. The maximum Gasteiger partial charge on any atom is 0.264 e. The molecule has 0 aliphatic carbocycles. The Morgan fingerprint density at radius 3 is 2.42 bits per heavy atom. The van der Waals surface area contributed by atoms with E-state index in [1.165, 1.54) is 27.0 Å². The fraction of sp³-hybridized carbons (Fsp3) is 0.304. The molecule has 0 bridgehead atoms. The zero-order valence-electron chi connectivity index (χ0n) is 17.9. The minimum atomic E-state index is -0.833. The molecule has 1 aliphatic heterocycles. The van der Waals surface area contributed by atoms with Crippen LogP contribution >= 0.6 is 0 Å². The van der Waals surface area contributed by atoms with Gasteiger partial charge in [-0.3, -0.25) is 24.1 Å². The Morgan fingerprint density at radius 2 is 1.81 bits per heavy atom. The minimum Gasteiger partial charge on any atom is -0.493 e. The topological polar surface area (TPSA) is 102 Å². The first-order chi connectivity index (χ1) is 14.8. The molecule has 0 saturated carbocycles. The summed E-state index contributed by atoms with van der Waals surface area (Å²) in [6, 6.07) is 8.91. The fourth-order valence-electron chi connectivity index (χ4n) is 3.68. The van der Waals surface area contributed by atoms with E-state index < -0.39 is 17.9 Å². The third-order valence-electron chi connectivity index (χ3n) is 4.92. The number of methoxy groups -OCH3 is 1. The summed E-state index contributed by atoms with van der Waals surface area (Å²) in [6.07, 6.45) is -0.0567. The van der Waals surface area contributed by atoms with Gasteiger partial charge in [-0.15, -0.1) is 0 Å². The minimum absolute atomic E-state index is 0.0567. The number of hydrogen-bond donors (Lipinski definition) is 1. The molecular formula is C23H24N2O6. The number of carbonyl (C=O) groups excluding carboxylic acids is 4. The van der Waals surface area contributed by atoms with Crippen LogP contribution in [0.4, 0.5) is 5.69 Å². The number of imide groups is 1. The summed E-state index contributed by atoms with van der Waals surface area (Å²) in [5, 5.41) is 2.59. The van der Waals surface area contributed by atoms with Gasteiger partial charge in [-0.2, -0.15) is 0 Å². The van der Waals surface area contributed by atoms with Gasteiger partial charge in [0.15, 0.2) is 11.5 Å². The van der Waals surface area contributed by atoms with Crippen LogP contribution in [-0.4, -0.2) is 42.1 Å². The van der Waals surface area contributed by atoms with Crippen LogP contribution in [-0.2, 0) is 9.59 Å². The molecule has 162 valence electrons. The Balaban J connectivity index is 2.09. The van der Waals surface area contributed by atoms with Gasteiger partial charge in [-0.1, -0.05) is 12.1 Å². The molecule has 0 fully saturated rings. The molecule has 2 aromatic rings. The summed E-state index contributed by atoms with van der Waals surface area (Å²) < 4.78 is 10.9. The van der Waals surface area contributed by atoms with Gasteiger partial charge in [-0.05, 0) is 43.7 Å². The van der Waals surface area contributed by atoms with E-state index in [9.17, 15) is 19.2 Å². The van der Waals surface area contributed by atoms with Gasteiger partial charge < -0.3 is 14.8 Å². The summed E-state index contributed by atoms with van der Waals surface area (Å²) in [5.74, 6) is -0.674. The Kier molecular flexibility index (Phi) is 6.39. The highest BCUT2D eigenvalue weighted by Crippen LogP contribution is 2.39. The maximum atomic E-state index is 13.3. The van der Waals surface area contributed by atoms with E-state index in [2.05, 4.69) is 5.32 Å². The van der Waals surface area contributed by atoms with Gasteiger partial charge in [0.25, 0.3) is 11.8 Å². The molecular weight excluding hydrogens is 400 g/mol. The van der Waals surface area contributed by atoms with Gasteiger partial charge >= 0.3 is 0 Å². The van der Waals surface area contributed by atoms with E-state index in [-0.39, 0.29) is 34.9 Å². The van der Waals surface area contributed by atoms with Crippen molar-refractivity contribution >= 4 is 29.2 Å². The number of nitrogens with one attached hydrogen (secondary N) is 1. The van der Waals surface area contributed by atoms with Crippen LogP contribution in [0.2, 0.25) is 0 Å². The SMILES string of the molecule is CCOc1cc([C@H](CC(C)=O)N2C(=O)c3cccc(NC(C)=O)c3C2=O)ccc1OC. The molecule has 8 nitrogen and oxygen atoms in total. The standard InChI is InChI=1S/C23H24N2O6/c1-5-31-20-12-15(9-10-19(20)30-4)18(11-13(2)26)25-22(28)16-7-6-8-17(24-14(3)27)21(16)23(25)29/h6-10,12,18H,5,11H2,1-4H3,(H,24,27)/t18-/m0/s1. The van der Waals surface area contributed by atoms with Gasteiger partial charge in [0.05, 0.1) is 36.6 Å². The second-order valence-electron chi connectivity index (χ2n) is 7.15. The number of rotatable bonds is 8. The molecule has 8 heteroatoms. The number of hydrogen-bond acceptors (Lipinski definition) is 6. The number of ether oxygens (including phenoxy) is 2. The van der Waals surface area contributed by atoms with E-state index in [0.717, 1.165) is 4.90 Å². The molecule has 0 unspecified atom stereocenters. The number of benzene rings is 2. The van der Waals surface area contributed by atoms with E-state index in [4.69, 9.17) is 9.47 Å². The van der Waals surface area contributed by atoms with Crippen molar-refractivity contribution in [3.63, 3.8) is 0 Å². The van der Waals surface area contributed by atoms with Crippen LogP contribution in [0.1, 0.15) is 59.5 Å². The summed E-state index contributed by atoms with van der Waals surface area (Å²) in [4.78, 5) is 51.2. The Morgan fingerprint density at radius 1 is 1.06 bits per heavy atom. The Hall–Kier alpha value is -3.68. The smallest absolute Gasteiger partial charge is 0.264 e. The lowest BCUT2D eigenvalue weighted by molar-refractivity contribution is -0.118. The van der Waals surface area contributed by atoms with E-state index in [0.29, 0.717) is 23.7 Å². The highest BCUT2D eigenvalue weighted by Gasteiger charge is 2.42. The first-order valence-corrected chi connectivity index (χ1v) is 9.87. The molecule has 2 aromatic carbocycles. The normalized spacial score (nSPS) is 13.6. The average Bonchev–Trinajstić information content (AvgIpc) is 2.97. The maximum absolute atomic E-state index is 13.3. The van der Waals surface area contributed by atoms with Crippen LogP contribution in [0, 0.1) is 0 Å². The molecule has 3 amide bonds.